The number of amides is 2. The van der Waals surface area contributed by atoms with E-state index in [1.54, 1.807) is 59.0 Å². The van der Waals surface area contributed by atoms with Gasteiger partial charge in [-0.3, -0.25) is 19.6 Å². The predicted octanol–water partition coefficient (Wildman–Crippen LogP) is 6.67. The van der Waals surface area contributed by atoms with Gasteiger partial charge in [-0.15, -0.1) is 0 Å². The molecule has 2 aliphatic rings. The minimum Gasteiger partial charge on any atom is -0.443 e. The first-order valence-electron chi connectivity index (χ1n) is 14.9. The van der Waals surface area contributed by atoms with E-state index < -0.39 is 35.9 Å². The van der Waals surface area contributed by atoms with Crippen molar-refractivity contribution in [3.8, 4) is 0 Å². The highest BCUT2D eigenvalue weighted by Gasteiger charge is 2.71. The van der Waals surface area contributed by atoms with Gasteiger partial charge in [0.05, 0.1) is 10.6 Å². The number of aromatic nitrogens is 1. The van der Waals surface area contributed by atoms with Crippen LogP contribution >= 0.6 is 23.4 Å². The molecule has 1 saturated carbocycles. The van der Waals surface area contributed by atoms with E-state index in [1.807, 2.05) is 0 Å². The van der Waals surface area contributed by atoms with Crippen LogP contribution in [0.1, 0.15) is 55.7 Å². The van der Waals surface area contributed by atoms with Gasteiger partial charge in [0, 0.05) is 45.8 Å². The first kappa shape index (κ1) is 35.1. The molecule has 13 heteroatoms. The third-order valence-electron chi connectivity index (χ3n) is 7.82. The predicted molar refractivity (Wildman–Crippen MR) is 178 cm³/mol. The van der Waals surface area contributed by atoms with E-state index in [0.717, 1.165) is 6.04 Å². The van der Waals surface area contributed by atoms with Crippen molar-refractivity contribution >= 4 is 54.4 Å². The van der Waals surface area contributed by atoms with Gasteiger partial charge >= 0.3 is 6.09 Å². The third kappa shape index (κ3) is 8.14. The van der Waals surface area contributed by atoms with Gasteiger partial charge in [0.1, 0.15) is 28.6 Å². The van der Waals surface area contributed by atoms with E-state index in [1.165, 1.54) is 28.9 Å². The number of benzene rings is 1. The van der Waals surface area contributed by atoms with Crippen LogP contribution < -0.4 is 5.32 Å². The van der Waals surface area contributed by atoms with Crippen LogP contribution in [-0.4, -0.2) is 71.6 Å². The Balaban J connectivity index is 1.74. The number of rotatable bonds is 10. The summed E-state index contributed by atoms with van der Waals surface area (Å²) in [7, 11) is 0.145. The lowest BCUT2D eigenvalue weighted by Crippen LogP contribution is -2.48. The smallest absolute Gasteiger partial charge is 0.418 e. The molecule has 1 fully saturated rings. The summed E-state index contributed by atoms with van der Waals surface area (Å²) in [5.74, 6) is -1.39. The fourth-order valence-electron chi connectivity index (χ4n) is 5.27. The monoisotopic (exact) mass is 676 g/mol. The van der Waals surface area contributed by atoms with Gasteiger partial charge in [-0.25, -0.2) is 14.1 Å². The number of Topliss-reactive ketones (excluding diaryl/α,β-unsaturated/α-hetero) is 1. The zero-order valence-corrected chi connectivity index (χ0v) is 29.7. The van der Waals surface area contributed by atoms with Crippen LogP contribution in [0.3, 0.4) is 0 Å². The number of aliphatic imine (C=N–C) groups is 1. The van der Waals surface area contributed by atoms with Gasteiger partial charge in [-0.1, -0.05) is 49.1 Å². The molecule has 0 saturated heterocycles. The molecule has 0 radical (unpaired) electrons. The van der Waals surface area contributed by atoms with E-state index in [9.17, 15) is 14.4 Å². The summed E-state index contributed by atoms with van der Waals surface area (Å²) in [6.45, 7) is 14.1. The van der Waals surface area contributed by atoms with Gasteiger partial charge < -0.3 is 14.8 Å². The van der Waals surface area contributed by atoms with E-state index >= 15 is 4.39 Å². The van der Waals surface area contributed by atoms with Crippen LogP contribution in [0.5, 0.6) is 0 Å². The fourth-order valence-corrected chi connectivity index (χ4v) is 7.75. The number of ketones is 1. The normalized spacial score (nSPS) is 22.6. The molecule has 244 valence electrons. The fraction of sp³-hybridized carbons (Fsp3) is 0.531. The van der Waals surface area contributed by atoms with Crippen molar-refractivity contribution in [2.24, 2.45) is 10.9 Å². The summed E-state index contributed by atoms with van der Waals surface area (Å²) in [6, 6.07) is 8.51. The summed E-state index contributed by atoms with van der Waals surface area (Å²) in [5, 5.41) is 3.37. The van der Waals surface area contributed by atoms with Crippen LogP contribution in [0.2, 0.25) is 30.7 Å². The Morgan fingerprint density at radius 1 is 1.20 bits per heavy atom. The number of hydrogen-bond donors (Lipinski definition) is 1. The maximum atomic E-state index is 15.8. The maximum Gasteiger partial charge on any atom is 0.418 e. The molecular weight excluding hydrogens is 635 g/mol. The third-order valence-corrected chi connectivity index (χ3v) is 11.2. The molecule has 1 N–H and O–H groups in total. The quantitative estimate of drug-likeness (QED) is 0.130. The topological polar surface area (TPSA) is 110 Å². The van der Waals surface area contributed by atoms with Crippen molar-refractivity contribution in [1.82, 2.24) is 15.2 Å². The molecule has 1 aliphatic heterocycles. The second kappa shape index (κ2) is 13.1. The van der Waals surface area contributed by atoms with Gasteiger partial charge in [0.15, 0.2) is 11.0 Å². The molecule has 1 aliphatic carbocycles. The molecule has 2 amide bonds. The van der Waals surface area contributed by atoms with Crippen LogP contribution in [0.15, 0.2) is 41.5 Å². The summed E-state index contributed by atoms with van der Waals surface area (Å²) < 4.78 is 26.5. The molecule has 0 spiro atoms. The summed E-state index contributed by atoms with van der Waals surface area (Å²) >= 11 is 7.10. The molecule has 1 aromatic carbocycles. The highest BCUT2D eigenvalue weighted by molar-refractivity contribution is 8.16. The van der Waals surface area contributed by atoms with Crippen LogP contribution in [0, 0.1) is 11.7 Å². The van der Waals surface area contributed by atoms with E-state index in [2.05, 4.69) is 29.9 Å². The molecule has 2 heterocycles. The summed E-state index contributed by atoms with van der Waals surface area (Å²) in [4.78, 5) is 50.3. The number of nitrogens with zero attached hydrogens (tertiary/aromatic N) is 3. The number of fused-ring (bicyclic) bond motifs is 1. The Kier molecular flexibility index (Phi) is 10.2. The minimum absolute atomic E-state index is 0.0243. The Bertz CT molecular complexity index is 1500. The Morgan fingerprint density at radius 3 is 2.51 bits per heavy atom. The minimum atomic E-state index is -1.41. The van der Waals surface area contributed by atoms with E-state index in [0.29, 0.717) is 23.6 Å². The number of carbonyl (C=O) groups is 3. The SMILES string of the molecule is CNC(=O)[C@]12C[C@H]1[C@@](C)(c1cc(CC(=O)c3ccc(Cl)cn3)ccc1F)N=C(N(COCC[Si](C)(C)C)C(=O)OC(C)(C)C)S2. The zero-order chi connectivity index (χ0) is 33.4. The number of amidine groups is 1. The first-order chi connectivity index (χ1) is 20.9. The second-order valence-corrected chi connectivity index (χ2v) is 21.3. The number of hydrogen-bond acceptors (Lipinski definition) is 8. The largest absolute Gasteiger partial charge is 0.443 e. The summed E-state index contributed by atoms with van der Waals surface area (Å²) in [5.41, 5.74) is -1.01. The van der Waals surface area contributed by atoms with Gasteiger partial charge in [-0.05, 0) is 70.0 Å². The molecule has 1 aromatic heterocycles. The molecule has 4 rings (SSSR count). The molecule has 0 unspecified atom stereocenters. The van der Waals surface area contributed by atoms with Crippen molar-refractivity contribution < 1.29 is 28.2 Å². The van der Waals surface area contributed by atoms with Gasteiger partial charge in [0.25, 0.3) is 0 Å². The standard InChI is InChI=1S/C32H42ClFN4O5SSi/c1-30(2,3)43-29(41)38(19-42-13-14-45(6,7)8)28-37-31(4,26-17-32(26,44-28)27(40)35-5)22-15-20(9-11-23(22)34)16-25(39)24-12-10-21(33)18-36-24/h9-12,15,18,26H,13-14,16-17,19H2,1-8H3,(H,35,40)/t26-,31+,32-/m0/s1. The number of pyridine rings is 1. The average Bonchev–Trinajstić information content (AvgIpc) is 3.69. The van der Waals surface area contributed by atoms with Crippen molar-refractivity contribution in [1.29, 1.82) is 0 Å². The van der Waals surface area contributed by atoms with Gasteiger partial charge in [-0.2, -0.15) is 0 Å². The molecule has 3 atom stereocenters. The number of ether oxygens (including phenoxy) is 2. The molecule has 0 bridgehead atoms. The Hall–Kier alpha value is -2.80. The van der Waals surface area contributed by atoms with Crippen molar-refractivity contribution in [3.63, 3.8) is 0 Å². The lowest BCUT2D eigenvalue weighted by molar-refractivity contribution is -0.121. The van der Waals surface area contributed by atoms with E-state index in [4.69, 9.17) is 26.1 Å². The average molecular weight is 677 g/mol. The molecule has 9 nitrogen and oxygen atoms in total. The zero-order valence-electron chi connectivity index (χ0n) is 27.1. The second-order valence-electron chi connectivity index (χ2n) is 13.9. The van der Waals surface area contributed by atoms with Crippen LogP contribution in [0.4, 0.5) is 9.18 Å². The summed E-state index contributed by atoms with van der Waals surface area (Å²) in [6.07, 6.45) is 1.12. The maximum absolute atomic E-state index is 15.8. The van der Waals surface area contributed by atoms with Crippen molar-refractivity contribution in [3.05, 3.63) is 64.2 Å². The first-order valence-corrected chi connectivity index (χ1v) is 19.8. The van der Waals surface area contributed by atoms with Crippen molar-refractivity contribution in [2.75, 3.05) is 20.4 Å². The number of thioether (sulfide) groups is 1. The van der Waals surface area contributed by atoms with Crippen molar-refractivity contribution in [2.45, 2.75) is 82.1 Å². The molecular formula is C32H42ClFN4O5SSi. The number of halogens is 2. The van der Waals surface area contributed by atoms with Crippen LogP contribution in [0.25, 0.3) is 0 Å². The Labute approximate surface area is 274 Å². The molecule has 45 heavy (non-hydrogen) atoms. The number of carbonyl (C=O) groups excluding carboxylic acids is 3. The highest BCUT2D eigenvalue weighted by atomic mass is 35.5. The number of nitrogens with one attached hydrogen (secondary N) is 1. The lowest BCUT2D eigenvalue weighted by atomic mass is 9.84. The Morgan fingerprint density at radius 2 is 1.91 bits per heavy atom. The van der Waals surface area contributed by atoms with Gasteiger partial charge in [0.2, 0.25) is 5.91 Å². The lowest BCUT2D eigenvalue weighted by Gasteiger charge is -2.37. The molecule has 2 aromatic rings. The van der Waals surface area contributed by atoms with E-state index in [-0.39, 0.29) is 47.2 Å². The van der Waals surface area contributed by atoms with Crippen LogP contribution in [-0.2, 0) is 26.2 Å². The highest BCUT2D eigenvalue weighted by Crippen LogP contribution is 2.66.